The molecule has 1 amide bonds. The van der Waals surface area contributed by atoms with Gasteiger partial charge in [0.1, 0.15) is 5.76 Å². The quantitative estimate of drug-likeness (QED) is 0.854. The maximum Gasteiger partial charge on any atom is 0.287 e. The fourth-order valence-electron chi connectivity index (χ4n) is 2.13. The summed E-state index contributed by atoms with van der Waals surface area (Å²) in [7, 11) is 3.21. The first-order valence-electron chi connectivity index (χ1n) is 7.25. The van der Waals surface area contributed by atoms with Gasteiger partial charge >= 0.3 is 0 Å². The average molecular weight is 303 g/mol. The SMILES string of the molecule is CCc1ccc(C(=O)NCCc2ccc(OC)c(OC)c2)o1. The average Bonchev–Trinajstić information content (AvgIpc) is 3.03. The Hall–Kier alpha value is -2.43. The Morgan fingerprint density at radius 2 is 1.91 bits per heavy atom. The lowest BCUT2D eigenvalue weighted by Crippen LogP contribution is -2.25. The van der Waals surface area contributed by atoms with Crippen molar-refractivity contribution >= 4 is 5.91 Å². The molecule has 0 bridgehead atoms. The van der Waals surface area contributed by atoms with Crippen molar-refractivity contribution in [1.82, 2.24) is 5.32 Å². The molecule has 0 saturated heterocycles. The van der Waals surface area contributed by atoms with Gasteiger partial charge in [-0.15, -0.1) is 0 Å². The van der Waals surface area contributed by atoms with E-state index in [0.717, 1.165) is 17.7 Å². The Kier molecular flexibility index (Phi) is 5.47. The number of ether oxygens (including phenoxy) is 2. The molecule has 5 heteroatoms. The van der Waals surface area contributed by atoms with Gasteiger partial charge < -0.3 is 19.2 Å². The Labute approximate surface area is 130 Å². The molecule has 0 saturated carbocycles. The van der Waals surface area contributed by atoms with Crippen LogP contribution in [0.2, 0.25) is 0 Å². The summed E-state index contributed by atoms with van der Waals surface area (Å²) in [6, 6.07) is 9.24. The van der Waals surface area contributed by atoms with Gasteiger partial charge in [0.15, 0.2) is 17.3 Å². The number of nitrogens with one attached hydrogen (secondary N) is 1. The summed E-state index contributed by atoms with van der Waals surface area (Å²) >= 11 is 0. The minimum Gasteiger partial charge on any atom is -0.493 e. The molecule has 0 atom stereocenters. The van der Waals surface area contributed by atoms with E-state index in [1.807, 2.05) is 31.2 Å². The molecule has 2 aromatic rings. The number of hydrogen-bond acceptors (Lipinski definition) is 4. The van der Waals surface area contributed by atoms with Crippen LogP contribution in [-0.4, -0.2) is 26.7 Å². The first-order valence-corrected chi connectivity index (χ1v) is 7.25. The van der Waals surface area contributed by atoms with E-state index in [1.54, 1.807) is 20.3 Å². The second kappa shape index (κ2) is 7.54. The highest BCUT2D eigenvalue weighted by atomic mass is 16.5. The molecular formula is C17H21NO4. The minimum absolute atomic E-state index is 0.194. The molecule has 0 aliphatic heterocycles. The van der Waals surface area contributed by atoms with E-state index < -0.39 is 0 Å². The van der Waals surface area contributed by atoms with Crippen LogP contribution < -0.4 is 14.8 Å². The third-order valence-electron chi connectivity index (χ3n) is 3.38. The highest BCUT2D eigenvalue weighted by Crippen LogP contribution is 2.27. The Balaban J connectivity index is 1.89. The Morgan fingerprint density at radius 1 is 1.14 bits per heavy atom. The van der Waals surface area contributed by atoms with E-state index in [4.69, 9.17) is 13.9 Å². The fraction of sp³-hybridized carbons (Fsp3) is 0.353. The van der Waals surface area contributed by atoms with Crippen molar-refractivity contribution in [1.29, 1.82) is 0 Å². The van der Waals surface area contributed by atoms with Crippen molar-refractivity contribution < 1.29 is 18.7 Å². The smallest absolute Gasteiger partial charge is 0.287 e. The van der Waals surface area contributed by atoms with Crippen LogP contribution in [0.15, 0.2) is 34.7 Å². The molecule has 1 heterocycles. The normalized spacial score (nSPS) is 10.3. The van der Waals surface area contributed by atoms with Crippen LogP contribution in [0.3, 0.4) is 0 Å². The lowest BCUT2D eigenvalue weighted by molar-refractivity contribution is 0.0925. The van der Waals surface area contributed by atoms with Gasteiger partial charge in [0.05, 0.1) is 14.2 Å². The van der Waals surface area contributed by atoms with Crippen LogP contribution in [0, 0.1) is 0 Å². The van der Waals surface area contributed by atoms with Gasteiger partial charge in [0, 0.05) is 13.0 Å². The van der Waals surface area contributed by atoms with Crippen LogP contribution in [0.4, 0.5) is 0 Å². The number of carbonyl (C=O) groups is 1. The number of amides is 1. The van der Waals surface area contributed by atoms with Crippen LogP contribution in [0.5, 0.6) is 11.5 Å². The van der Waals surface area contributed by atoms with Crippen molar-refractivity contribution in [3.63, 3.8) is 0 Å². The van der Waals surface area contributed by atoms with E-state index in [1.165, 1.54) is 0 Å². The van der Waals surface area contributed by atoms with Gasteiger partial charge in [-0.05, 0) is 36.2 Å². The van der Waals surface area contributed by atoms with E-state index in [9.17, 15) is 4.79 Å². The van der Waals surface area contributed by atoms with Crippen molar-refractivity contribution in [3.8, 4) is 11.5 Å². The minimum atomic E-state index is -0.194. The van der Waals surface area contributed by atoms with Gasteiger partial charge in [0.25, 0.3) is 5.91 Å². The molecule has 0 aliphatic carbocycles. The van der Waals surface area contributed by atoms with Crippen LogP contribution in [0.25, 0.3) is 0 Å². The van der Waals surface area contributed by atoms with Gasteiger partial charge in [-0.3, -0.25) is 4.79 Å². The zero-order valence-electron chi connectivity index (χ0n) is 13.1. The molecule has 22 heavy (non-hydrogen) atoms. The van der Waals surface area contributed by atoms with Gasteiger partial charge in [-0.2, -0.15) is 0 Å². The van der Waals surface area contributed by atoms with E-state index in [2.05, 4.69) is 5.32 Å². The molecule has 0 spiro atoms. The first kappa shape index (κ1) is 15.9. The van der Waals surface area contributed by atoms with Crippen molar-refractivity contribution in [2.24, 2.45) is 0 Å². The topological polar surface area (TPSA) is 60.7 Å². The summed E-state index contributed by atoms with van der Waals surface area (Å²) in [5, 5.41) is 2.85. The number of furan rings is 1. The predicted molar refractivity (Wildman–Crippen MR) is 83.7 cm³/mol. The first-order chi connectivity index (χ1) is 10.7. The van der Waals surface area contributed by atoms with E-state index in [0.29, 0.717) is 30.2 Å². The number of benzene rings is 1. The summed E-state index contributed by atoms with van der Waals surface area (Å²) in [5.41, 5.74) is 1.06. The summed E-state index contributed by atoms with van der Waals surface area (Å²) in [4.78, 5) is 11.9. The molecule has 5 nitrogen and oxygen atoms in total. The number of hydrogen-bond donors (Lipinski definition) is 1. The van der Waals surface area contributed by atoms with Gasteiger partial charge in [-0.25, -0.2) is 0 Å². The van der Waals surface area contributed by atoms with Crippen molar-refractivity contribution in [2.75, 3.05) is 20.8 Å². The maximum absolute atomic E-state index is 11.9. The predicted octanol–water partition coefficient (Wildman–Crippen LogP) is 2.83. The standard InChI is InChI=1S/C17H21NO4/c1-4-13-6-8-15(22-13)17(19)18-10-9-12-5-7-14(20-2)16(11-12)21-3/h5-8,11H,4,9-10H2,1-3H3,(H,18,19). The van der Waals surface area contributed by atoms with Crippen molar-refractivity contribution in [2.45, 2.75) is 19.8 Å². The molecule has 0 fully saturated rings. The number of rotatable bonds is 7. The highest BCUT2D eigenvalue weighted by molar-refractivity contribution is 5.91. The summed E-state index contributed by atoms with van der Waals surface area (Å²) in [6.07, 6.45) is 1.48. The lowest BCUT2D eigenvalue weighted by Gasteiger charge is -2.09. The zero-order chi connectivity index (χ0) is 15.9. The largest absolute Gasteiger partial charge is 0.493 e. The molecule has 1 N–H and O–H groups in total. The zero-order valence-corrected chi connectivity index (χ0v) is 13.1. The summed E-state index contributed by atoms with van der Waals surface area (Å²) < 4.78 is 15.9. The Morgan fingerprint density at radius 3 is 2.55 bits per heavy atom. The van der Waals surface area contributed by atoms with Crippen molar-refractivity contribution in [3.05, 3.63) is 47.4 Å². The molecule has 0 aliphatic rings. The second-order valence-corrected chi connectivity index (χ2v) is 4.81. The summed E-state index contributed by atoms with van der Waals surface area (Å²) in [6.45, 7) is 2.51. The molecular weight excluding hydrogens is 282 g/mol. The number of carbonyl (C=O) groups excluding carboxylic acids is 1. The summed E-state index contributed by atoms with van der Waals surface area (Å²) in [5.74, 6) is 2.34. The van der Waals surface area contributed by atoms with Gasteiger partial charge in [0.2, 0.25) is 0 Å². The molecule has 2 rings (SSSR count). The highest BCUT2D eigenvalue weighted by Gasteiger charge is 2.10. The third kappa shape index (κ3) is 3.81. The van der Waals surface area contributed by atoms with Crippen LogP contribution in [0.1, 0.15) is 28.8 Å². The molecule has 1 aromatic heterocycles. The van der Waals surface area contributed by atoms with E-state index >= 15 is 0 Å². The maximum atomic E-state index is 11.9. The molecule has 1 aromatic carbocycles. The Bertz CT molecular complexity index is 633. The fourth-order valence-corrected chi connectivity index (χ4v) is 2.13. The molecule has 118 valence electrons. The number of methoxy groups -OCH3 is 2. The third-order valence-corrected chi connectivity index (χ3v) is 3.38. The molecule has 0 unspecified atom stereocenters. The van der Waals surface area contributed by atoms with E-state index in [-0.39, 0.29) is 5.91 Å². The monoisotopic (exact) mass is 303 g/mol. The van der Waals surface area contributed by atoms with Crippen LogP contribution in [-0.2, 0) is 12.8 Å². The van der Waals surface area contributed by atoms with Gasteiger partial charge in [-0.1, -0.05) is 13.0 Å². The second-order valence-electron chi connectivity index (χ2n) is 4.81. The number of aryl methyl sites for hydroxylation is 1. The van der Waals surface area contributed by atoms with Crippen LogP contribution >= 0.6 is 0 Å². The lowest BCUT2D eigenvalue weighted by atomic mass is 10.1. The molecule has 0 radical (unpaired) electrons.